The van der Waals surface area contributed by atoms with Crippen molar-refractivity contribution in [2.75, 3.05) is 0 Å². The van der Waals surface area contributed by atoms with Crippen LogP contribution in [0.2, 0.25) is 0 Å². The van der Waals surface area contributed by atoms with Gasteiger partial charge in [0.1, 0.15) is 0 Å². The minimum absolute atomic E-state index is 0.250. The summed E-state index contributed by atoms with van der Waals surface area (Å²) in [5.74, 6) is -0.980. The third-order valence-corrected chi connectivity index (χ3v) is 1.12. The van der Waals surface area contributed by atoms with Gasteiger partial charge in [-0.1, -0.05) is 0 Å². The lowest BCUT2D eigenvalue weighted by Gasteiger charge is -2.18. The van der Waals surface area contributed by atoms with Gasteiger partial charge >= 0.3 is 5.97 Å². The third-order valence-electron chi connectivity index (χ3n) is 1.12. The molecule has 0 bridgehead atoms. The van der Waals surface area contributed by atoms with Crippen LogP contribution in [-0.4, -0.2) is 11.1 Å². The van der Waals surface area contributed by atoms with Crippen LogP contribution in [-0.2, 0) is 4.79 Å². The van der Waals surface area contributed by atoms with E-state index in [-0.39, 0.29) is 5.92 Å². The van der Waals surface area contributed by atoms with Crippen molar-refractivity contribution in [2.45, 2.75) is 12.8 Å². The highest BCUT2D eigenvalue weighted by Gasteiger charge is 2.24. The third kappa shape index (κ3) is 0.734. The van der Waals surface area contributed by atoms with Crippen molar-refractivity contribution in [2.24, 2.45) is 5.92 Å². The molecule has 2 radical (unpaired) electrons. The number of carboxylic acids is 1. The molecule has 1 aliphatic carbocycles. The predicted octanol–water partition coefficient (Wildman–Crippen LogP) is 0.562. The van der Waals surface area contributed by atoms with E-state index in [1.54, 1.807) is 0 Å². The van der Waals surface area contributed by atoms with Gasteiger partial charge < -0.3 is 5.11 Å². The molecular weight excluding hydrogens is 92.1 g/mol. The van der Waals surface area contributed by atoms with E-state index < -0.39 is 5.97 Å². The Labute approximate surface area is 42.1 Å². The van der Waals surface area contributed by atoms with Crippen LogP contribution in [0, 0.1) is 12.3 Å². The molecule has 1 aliphatic rings. The molecule has 0 amide bonds. The molecule has 1 saturated carbocycles. The summed E-state index contributed by atoms with van der Waals surface area (Å²) in [7, 11) is 0. The van der Waals surface area contributed by atoms with Gasteiger partial charge in [0.2, 0.25) is 0 Å². The molecule has 1 rings (SSSR count). The molecule has 38 valence electrons. The summed E-state index contributed by atoms with van der Waals surface area (Å²) in [6.07, 6.45) is 4.39. The second kappa shape index (κ2) is 1.52. The molecule has 1 unspecified atom stereocenters. The molecule has 2 nitrogen and oxygen atoms in total. The van der Waals surface area contributed by atoms with Gasteiger partial charge in [0.15, 0.2) is 0 Å². The highest BCUT2D eigenvalue weighted by atomic mass is 16.4. The molecule has 0 aromatic carbocycles. The Morgan fingerprint density at radius 1 is 1.86 bits per heavy atom. The zero-order chi connectivity index (χ0) is 5.28. The van der Waals surface area contributed by atoms with E-state index in [1.807, 2.05) is 0 Å². The summed E-state index contributed by atoms with van der Waals surface area (Å²) in [4.78, 5) is 9.92. The van der Waals surface area contributed by atoms with Crippen molar-refractivity contribution in [3.63, 3.8) is 0 Å². The molecule has 0 aromatic rings. The smallest absolute Gasteiger partial charge is 0.307 e. The van der Waals surface area contributed by atoms with Crippen LogP contribution < -0.4 is 0 Å². The van der Waals surface area contributed by atoms with Crippen molar-refractivity contribution >= 4 is 5.97 Å². The highest BCUT2D eigenvalue weighted by molar-refractivity contribution is 5.72. The van der Waals surface area contributed by atoms with Gasteiger partial charge in [-0.25, -0.2) is 0 Å². The van der Waals surface area contributed by atoms with Gasteiger partial charge in [-0.3, -0.25) is 4.79 Å². The van der Waals surface area contributed by atoms with Crippen LogP contribution in [0.5, 0.6) is 0 Å². The van der Waals surface area contributed by atoms with Crippen LogP contribution >= 0.6 is 0 Å². The summed E-state index contributed by atoms with van der Waals surface area (Å²) in [5, 5.41) is 8.17. The van der Waals surface area contributed by atoms with Gasteiger partial charge in [0, 0.05) is 0 Å². The van der Waals surface area contributed by atoms with Gasteiger partial charge in [0.25, 0.3) is 0 Å². The van der Waals surface area contributed by atoms with Crippen molar-refractivity contribution in [3.05, 3.63) is 6.42 Å². The van der Waals surface area contributed by atoms with Crippen LogP contribution in [0.3, 0.4) is 0 Å². The monoisotopic (exact) mass is 98.0 g/mol. The van der Waals surface area contributed by atoms with E-state index in [9.17, 15) is 4.79 Å². The van der Waals surface area contributed by atoms with Gasteiger partial charge in [0.05, 0.1) is 5.92 Å². The second-order valence-corrected chi connectivity index (χ2v) is 1.63. The van der Waals surface area contributed by atoms with Crippen LogP contribution in [0.15, 0.2) is 0 Å². The van der Waals surface area contributed by atoms with E-state index in [2.05, 4.69) is 6.42 Å². The number of rotatable bonds is 1. The summed E-state index contributed by atoms with van der Waals surface area (Å²) < 4.78 is 0. The average Bonchev–Trinajstić information content (AvgIpc) is 1.23. The standard InChI is InChI=1S/C5H6O2/c6-5(7)4-2-1-3-4/h4H,1-2H2,(H,6,7). The van der Waals surface area contributed by atoms with Crippen LogP contribution in [0.1, 0.15) is 12.8 Å². The Bertz CT molecular complexity index is 84.1. The van der Waals surface area contributed by atoms with Crippen LogP contribution in [0.4, 0.5) is 0 Å². The zero-order valence-corrected chi connectivity index (χ0v) is 3.85. The first-order valence-corrected chi connectivity index (χ1v) is 2.27. The second-order valence-electron chi connectivity index (χ2n) is 1.63. The van der Waals surface area contributed by atoms with E-state index in [4.69, 9.17) is 5.11 Å². The zero-order valence-electron chi connectivity index (χ0n) is 3.85. The molecule has 0 saturated heterocycles. The Kier molecular flexibility index (Phi) is 1.01. The molecule has 0 aromatic heterocycles. The Morgan fingerprint density at radius 2 is 2.43 bits per heavy atom. The van der Waals surface area contributed by atoms with E-state index in [0.29, 0.717) is 0 Å². The molecule has 0 spiro atoms. The lowest BCUT2D eigenvalue weighted by Crippen LogP contribution is -2.21. The van der Waals surface area contributed by atoms with Crippen molar-refractivity contribution in [1.29, 1.82) is 0 Å². The van der Waals surface area contributed by atoms with Crippen LogP contribution in [0.25, 0.3) is 0 Å². The Balaban J connectivity index is 2.27. The minimum atomic E-state index is -0.730. The SMILES string of the molecule is O=C(O)C1[C]CC1. The fraction of sp³-hybridized carbons (Fsp3) is 0.600. The summed E-state index contributed by atoms with van der Waals surface area (Å²) in [5.41, 5.74) is 0. The Hall–Kier alpha value is -0.530. The quantitative estimate of drug-likeness (QED) is 0.520. The van der Waals surface area contributed by atoms with E-state index in [1.165, 1.54) is 0 Å². The van der Waals surface area contributed by atoms with Gasteiger partial charge in [-0.15, -0.1) is 0 Å². The first-order chi connectivity index (χ1) is 3.30. The number of hydrogen-bond acceptors (Lipinski definition) is 1. The molecule has 1 fully saturated rings. The summed E-state index contributed by atoms with van der Waals surface area (Å²) in [6.45, 7) is 0. The maximum absolute atomic E-state index is 9.92. The Morgan fingerprint density at radius 3 is 2.43 bits per heavy atom. The van der Waals surface area contributed by atoms with Gasteiger partial charge in [-0.2, -0.15) is 0 Å². The fourth-order valence-corrected chi connectivity index (χ4v) is 0.499. The minimum Gasteiger partial charge on any atom is -0.481 e. The molecule has 0 heterocycles. The lowest BCUT2D eigenvalue weighted by molar-refractivity contribution is -0.142. The predicted molar refractivity (Wildman–Crippen MR) is 23.6 cm³/mol. The number of hydrogen-bond donors (Lipinski definition) is 1. The maximum atomic E-state index is 9.92. The number of carboxylic acid groups (broad SMARTS) is 1. The summed E-state index contributed by atoms with van der Waals surface area (Å²) in [6, 6.07) is 0. The molecule has 0 aliphatic heterocycles. The van der Waals surface area contributed by atoms with E-state index >= 15 is 0 Å². The fourth-order valence-electron chi connectivity index (χ4n) is 0.499. The topological polar surface area (TPSA) is 37.3 Å². The first kappa shape index (κ1) is 4.62. The molecule has 1 N–H and O–H groups in total. The van der Waals surface area contributed by atoms with Crippen molar-refractivity contribution in [1.82, 2.24) is 0 Å². The first-order valence-electron chi connectivity index (χ1n) is 2.27. The normalized spacial score (nSPS) is 21.1. The van der Waals surface area contributed by atoms with Crippen molar-refractivity contribution in [3.8, 4) is 0 Å². The molecule has 7 heavy (non-hydrogen) atoms. The molecule has 2 heteroatoms. The number of carbonyl (C=O) groups is 1. The van der Waals surface area contributed by atoms with Gasteiger partial charge in [-0.05, 0) is 19.3 Å². The summed E-state index contributed by atoms with van der Waals surface area (Å²) >= 11 is 0. The molecular formula is C5H6O2. The largest absolute Gasteiger partial charge is 0.481 e. The number of aliphatic carboxylic acids is 1. The van der Waals surface area contributed by atoms with E-state index in [0.717, 1.165) is 12.8 Å². The van der Waals surface area contributed by atoms with Crippen molar-refractivity contribution < 1.29 is 9.90 Å². The maximum Gasteiger partial charge on any atom is 0.307 e. The molecule has 1 atom stereocenters. The highest BCUT2D eigenvalue weighted by Crippen LogP contribution is 2.24. The average molecular weight is 98.1 g/mol. The lowest BCUT2D eigenvalue weighted by atomic mass is 9.86.